The van der Waals surface area contributed by atoms with Crippen LogP contribution in [0.5, 0.6) is 0 Å². The quantitative estimate of drug-likeness (QED) is 0.714. The molecule has 0 amide bonds. The molecule has 1 aromatic heterocycles. The summed E-state index contributed by atoms with van der Waals surface area (Å²) in [7, 11) is 1.89. The lowest BCUT2D eigenvalue weighted by Crippen LogP contribution is -2.29. The average Bonchev–Trinajstić information content (AvgIpc) is 2.59. The highest BCUT2D eigenvalue weighted by atomic mass is 32.2. The number of hydrogen-bond acceptors (Lipinski definition) is 5. The van der Waals surface area contributed by atoms with Gasteiger partial charge in [0.25, 0.3) is 0 Å². The van der Waals surface area contributed by atoms with Gasteiger partial charge in [-0.3, -0.25) is 0 Å². The smallest absolute Gasteiger partial charge is 0.190 e. The van der Waals surface area contributed by atoms with Crippen molar-refractivity contribution in [1.82, 2.24) is 20.1 Å². The van der Waals surface area contributed by atoms with Gasteiger partial charge in [-0.05, 0) is 6.54 Å². The fraction of sp³-hybridized carbons (Fsp3) is 0.625. The Morgan fingerprint density at radius 1 is 1.79 bits per heavy atom. The van der Waals surface area contributed by atoms with E-state index in [-0.39, 0.29) is 6.04 Å². The molecule has 0 aliphatic rings. The van der Waals surface area contributed by atoms with E-state index in [1.54, 1.807) is 6.33 Å². The standard InChI is InChI=1S/C8H13N5S/c1-3-10-7(4-9)5-14-8-12-11-6-13(8)2/h6-7,10H,3,5H2,1-2H3. The Morgan fingerprint density at radius 3 is 3.07 bits per heavy atom. The van der Waals surface area contributed by atoms with Crippen molar-refractivity contribution in [2.75, 3.05) is 12.3 Å². The molecule has 1 unspecified atom stereocenters. The summed E-state index contributed by atoms with van der Waals surface area (Å²) in [6, 6.07) is 2.07. The van der Waals surface area contributed by atoms with Crippen LogP contribution in [0.15, 0.2) is 11.5 Å². The van der Waals surface area contributed by atoms with Crippen LogP contribution in [0.1, 0.15) is 6.92 Å². The zero-order valence-electron chi connectivity index (χ0n) is 8.27. The van der Waals surface area contributed by atoms with Crippen molar-refractivity contribution in [1.29, 1.82) is 5.26 Å². The third kappa shape index (κ3) is 3.01. The Labute approximate surface area is 87.5 Å². The van der Waals surface area contributed by atoms with Crippen LogP contribution in [0.25, 0.3) is 0 Å². The molecule has 1 atom stereocenters. The summed E-state index contributed by atoms with van der Waals surface area (Å²) in [6.45, 7) is 2.79. The summed E-state index contributed by atoms with van der Waals surface area (Å²) in [5.74, 6) is 0.691. The third-order valence-electron chi connectivity index (χ3n) is 1.66. The number of hydrogen-bond donors (Lipinski definition) is 1. The molecule has 0 radical (unpaired) electrons. The van der Waals surface area contributed by atoms with Gasteiger partial charge < -0.3 is 9.88 Å². The van der Waals surface area contributed by atoms with Gasteiger partial charge in [0.15, 0.2) is 5.16 Å². The minimum atomic E-state index is -0.123. The van der Waals surface area contributed by atoms with Crippen molar-refractivity contribution in [2.45, 2.75) is 18.1 Å². The third-order valence-corrected chi connectivity index (χ3v) is 2.78. The lowest BCUT2D eigenvalue weighted by atomic mass is 10.4. The van der Waals surface area contributed by atoms with E-state index in [9.17, 15) is 0 Å². The first-order valence-corrected chi connectivity index (χ1v) is 5.36. The molecule has 6 heteroatoms. The molecule has 0 spiro atoms. The van der Waals surface area contributed by atoms with E-state index in [2.05, 4.69) is 21.6 Å². The van der Waals surface area contributed by atoms with Crippen molar-refractivity contribution >= 4 is 11.8 Å². The number of nitrogens with zero attached hydrogens (tertiary/aromatic N) is 4. The van der Waals surface area contributed by atoms with Crippen LogP contribution in [0.2, 0.25) is 0 Å². The molecule has 0 aromatic carbocycles. The van der Waals surface area contributed by atoms with Crippen molar-refractivity contribution < 1.29 is 0 Å². The Hall–Kier alpha value is -1.06. The zero-order valence-corrected chi connectivity index (χ0v) is 9.08. The molecule has 76 valence electrons. The first-order chi connectivity index (χ1) is 6.77. The van der Waals surface area contributed by atoms with E-state index < -0.39 is 0 Å². The lowest BCUT2D eigenvalue weighted by Gasteiger charge is -2.07. The monoisotopic (exact) mass is 211 g/mol. The summed E-state index contributed by atoms with van der Waals surface area (Å²) in [6.07, 6.45) is 1.65. The normalized spacial score (nSPS) is 12.4. The van der Waals surface area contributed by atoms with Gasteiger partial charge in [-0.2, -0.15) is 5.26 Å². The van der Waals surface area contributed by atoms with Gasteiger partial charge in [-0.15, -0.1) is 10.2 Å². The highest BCUT2D eigenvalue weighted by Gasteiger charge is 2.08. The van der Waals surface area contributed by atoms with Crippen LogP contribution in [0.3, 0.4) is 0 Å². The minimum Gasteiger partial charge on any atom is -0.312 e. The van der Waals surface area contributed by atoms with Crippen LogP contribution in [0.4, 0.5) is 0 Å². The van der Waals surface area contributed by atoms with Crippen molar-refractivity contribution in [3.63, 3.8) is 0 Å². The van der Waals surface area contributed by atoms with Crippen LogP contribution in [-0.4, -0.2) is 33.1 Å². The molecule has 14 heavy (non-hydrogen) atoms. The number of aryl methyl sites for hydroxylation is 1. The molecule has 1 aromatic rings. The van der Waals surface area contributed by atoms with Gasteiger partial charge in [0.2, 0.25) is 0 Å². The van der Waals surface area contributed by atoms with Gasteiger partial charge in [0, 0.05) is 12.8 Å². The summed E-state index contributed by atoms with van der Waals surface area (Å²) < 4.78 is 1.84. The molecule has 0 bridgehead atoms. The van der Waals surface area contributed by atoms with Crippen molar-refractivity contribution in [2.24, 2.45) is 7.05 Å². The second-order valence-corrected chi connectivity index (χ2v) is 3.76. The Kier molecular flexibility index (Phi) is 4.43. The van der Waals surface area contributed by atoms with Crippen LogP contribution >= 0.6 is 11.8 Å². The maximum Gasteiger partial charge on any atom is 0.190 e. The maximum atomic E-state index is 8.79. The molecule has 1 N–H and O–H groups in total. The second-order valence-electron chi connectivity index (χ2n) is 2.77. The molecule has 5 nitrogen and oxygen atoms in total. The summed E-state index contributed by atoms with van der Waals surface area (Å²) >= 11 is 1.53. The fourth-order valence-electron chi connectivity index (χ4n) is 0.949. The minimum absolute atomic E-state index is 0.123. The summed E-state index contributed by atoms with van der Waals surface area (Å²) in [5, 5.41) is 20.4. The predicted molar refractivity (Wildman–Crippen MR) is 54.8 cm³/mol. The molecule has 1 rings (SSSR count). The van der Waals surface area contributed by atoms with E-state index >= 15 is 0 Å². The molecule has 0 fully saturated rings. The Bertz CT molecular complexity index is 316. The number of rotatable bonds is 5. The Balaban J connectivity index is 2.40. The topological polar surface area (TPSA) is 66.5 Å². The number of nitriles is 1. The van der Waals surface area contributed by atoms with Gasteiger partial charge in [0.1, 0.15) is 12.4 Å². The molecule has 0 aliphatic carbocycles. The molecule has 0 aliphatic heterocycles. The predicted octanol–water partition coefficient (Wildman–Crippen LogP) is 0.409. The Morgan fingerprint density at radius 2 is 2.57 bits per heavy atom. The number of aromatic nitrogens is 3. The van der Waals surface area contributed by atoms with Crippen LogP contribution in [0, 0.1) is 11.3 Å². The highest BCUT2D eigenvalue weighted by Crippen LogP contribution is 2.13. The number of thioether (sulfide) groups is 1. The summed E-state index contributed by atoms with van der Waals surface area (Å²) in [4.78, 5) is 0. The first kappa shape index (κ1) is 11.0. The van der Waals surface area contributed by atoms with Gasteiger partial charge in [0.05, 0.1) is 6.07 Å². The fourth-order valence-corrected chi connectivity index (χ4v) is 1.81. The van der Waals surface area contributed by atoms with Gasteiger partial charge in [-0.1, -0.05) is 18.7 Å². The van der Waals surface area contributed by atoms with Crippen LogP contribution < -0.4 is 5.32 Å². The van der Waals surface area contributed by atoms with E-state index in [1.807, 2.05) is 18.5 Å². The molecule has 1 heterocycles. The SMILES string of the molecule is CCNC(C#N)CSc1nncn1C. The van der Waals surface area contributed by atoms with Gasteiger partial charge in [-0.25, -0.2) is 0 Å². The number of nitrogens with one attached hydrogen (secondary N) is 1. The van der Waals surface area contributed by atoms with E-state index in [4.69, 9.17) is 5.26 Å². The zero-order chi connectivity index (χ0) is 10.4. The van der Waals surface area contributed by atoms with E-state index in [1.165, 1.54) is 11.8 Å². The van der Waals surface area contributed by atoms with Gasteiger partial charge >= 0.3 is 0 Å². The van der Waals surface area contributed by atoms with Crippen molar-refractivity contribution in [3.05, 3.63) is 6.33 Å². The first-order valence-electron chi connectivity index (χ1n) is 4.37. The molecule has 0 saturated heterocycles. The molecular formula is C8H13N5S. The largest absolute Gasteiger partial charge is 0.312 e. The summed E-state index contributed by atoms with van der Waals surface area (Å²) in [5.41, 5.74) is 0. The van der Waals surface area contributed by atoms with E-state index in [0.29, 0.717) is 5.75 Å². The van der Waals surface area contributed by atoms with Crippen molar-refractivity contribution in [3.8, 4) is 6.07 Å². The lowest BCUT2D eigenvalue weighted by molar-refractivity contribution is 0.675. The van der Waals surface area contributed by atoms with Crippen LogP contribution in [-0.2, 0) is 7.05 Å². The molecule has 0 saturated carbocycles. The van der Waals surface area contributed by atoms with E-state index in [0.717, 1.165) is 11.7 Å². The second kappa shape index (κ2) is 5.62. The average molecular weight is 211 g/mol. The highest BCUT2D eigenvalue weighted by molar-refractivity contribution is 7.99. The maximum absolute atomic E-state index is 8.79. The molecular weight excluding hydrogens is 198 g/mol.